The molecule has 0 fully saturated rings. The largest absolute Gasteiger partial charge is 1.00 e. The first-order valence-corrected chi connectivity index (χ1v) is 15.4. The second kappa shape index (κ2) is 9.23. The molecule has 2 aromatic carbocycles. The molecule has 1 aliphatic carbocycles. The predicted octanol–water partition coefficient (Wildman–Crippen LogP) is 0.172. The number of hydrogen-bond donors (Lipinski definition) is 0. The van der Waals surface area contributed by atoms with E-state index < -0.39 is 34.1 Å². The second-order valence-corrected chi connectivity index (χ2v) is 19.6. The maximum absolute atomic E-state index is 12.8. The third-order valence-corrected chi connectivity index (χ3v) is 13.4. The van der Waals surface area contributed by atoms with E-state index in [4.69, 9.17) is 0 Å². The number of benzene rings is 2. The fraction of sp³-hybridized carbons (Fsp3) is 0.263. The van der Waals surface area contributed by atoms with Crippen molar-refractivity contribution in [3.63, 3.8) is 0 Å². The van der Waals surface area contributed by atoms with Gasteiger partial charge in [-0.2, -0.15) is 0 Å². The van der Waals surface area contributed by atoms with Crippen LogP contribution in [0.5, 0.6) is 0 Å². The standard InChI is InChI=1S/C17H12F3.C2H6Si.2ClH.Zr/c1-11-9-13-3-2-4-15(16(13)10-11)12-5-7-14(8-6-12)17(18,19)20;1-3-2;;;/h2-10H,1H3;1-2H3;2*1H;/q;;;;+2/p-2. The molecule has 0 aromatic heterocycles. The van der Waals surface area contributed by atoms with Gasteiger partial charge in [0.25, 0.3) is 0 Å². The molecule has 0 nitrogen and oxygen atoms in total. The summed E-state index contributed by atoms with van der Waals surface area (Å²) in [6, 6.07) is 11.8. The van der Waals surface area contributed by atoms with Crippen LogP contribution in [0.4, 0.5) is 13.2 Å². The zero-order valence-corrected chi connectivity index (χ0v) is 19.6. The Morgan fingerprint density at radius 2 is 1.58 bits per heavy atom. The molecule has 2 aromatic rings. The zero-order valence-electron chi connectivity index (χ0n) is 14.6. The van der Waals surface area contributed by atoms with Gasteiger partial charge < -0.3 is 24.8 Å². The van der Waals surface area contributed by atoms with Gasteiger partial charge in [0.1, 0.15) is 0 Å². The number of rotatable bonds is 3. The summed E-state index contributed by atoms with van der Waals surface area (Å²) in [5.41, 5.74) is 5.34. The van der Waals surface area contributed by atoms with Gasteiger partial charge in [0.15, 0.2) is 0 Å². The van der Waals surface area contributed by atoms with Crippen LogP contribution in [0.2, 0.25) is 13.1 Å². The Hall–Kier alpha value is -0.350. The molecule has 137 valence electrons. The van der Waals surface area contributed by atoms with Gasteiger partial charge in [0.05, 0.1) is 0 Å². The maximum Gasteiger partial charge on any atom is -1.00 e. The topological polar surface area (TPSA) is 0 Å². The molecule has 0 bridgehead atoms. The fourth-order valence-corrected chi connectivity index (χ4v) is 12.0. The van der Waals surface area contributed by atoms with E-state index in [1.807, 2.05) is 12.1 Å². The summed E-state index contributed by atoms with van der Waals surface area (Å²) in [4.78, 5) is 0. The van der Waals surface area contributed by atoms with Crippen molar-refractivity contribution < 1.29 is 60.4 Å². The van der Waals surface area contributed by atoms with Gasteiger partial charge >= 0.3 is 153 Å². The number of halogens is 5. The van der Waals surface area contributed by atoms with Gasteiger partial charge in [0, 0.05) is 0 Å². The first-order valence-electron chi connectivity index (χ1n) is 7.83. The first kappa shape index (κ1) is 23.7. The van der Waals surface area contributed by atoms with Gasteiger partial charge in [-0.05, 0) is 0 Å². The van der Waals surface area contributed by atoms with E-state index in [9.17, 15) is 13.2 Å². The molecule has 0 heterocycles. The summed E-state index contributed by atoms with van der Waals surface area (Å²) < 4.78 is 38.9. The Morgan fingerprint density at radius 1 is 0.962 bits per heavy atom. The van der Waals surface area contributed by atoms with E-state index in [-0.39, 0.29) is 30.7 Å². The van der Waals surface area contributed by atoms with E-state index in [0.29, 0.717) is 3.63 Å². The molecule has 0 spiro atoms. The smallest absolute Gasteiger partial charge is 1.00 e. The van der Waals surface area contributed by atoms with Crippen LogP contribution in [0.3, 0.4) is 0 Å². The van der Waals surface area contributed by atoms with Gasteiger partial charge in [-0.25, -0.2) is 0 Å². The molecule has 0 saturated heterocycles. The normalized spacial score (nSPS) is 15.5. The molecule has 7 heteroatoms. The van der Waals surface area contributed by atoms with E-state index in [1.54, 1.807) is 12.1 Å². The van der Waals surface area contributed by atoms with Gasteiger partial charge in [0.2, 0.25) is 0 Å². The third kappa shape index (κ3) is 4.92. The molecule has 1 radical (unpaired) electrons. The monoisotopic (exact) mass is 491 g/mol. The van der Waals surface area contributed by atoms with E-state index in [0.717, 1.165) is 11.1 Å². The fourth-order valence-electron chi connectivity index (χ4n) is 3.12. The van der Waals surface area contributed by atoms with Crippen LogP contribution in [-0.4, -0.2) is 5.92 Å². The number of alkyl halides is 3. The molecule has 0 N–H and O–H groups in total. The molecule has 0 aliphatic heterocycles. The Balaban J connectivity index is 0.00000169. The average molecular weight is 494 g/mol. The number of allylic oxidation sites excluding steroid dienone is 1. The molecule has 3 rings (SSSR count). The van der Waals surface area contributed by atoms with E-state index in [1.165, 1.54) is 28.8 Å². The Labute approximate surface area is 177 Å². The van der Waals surface area contributed by atoms with Crippen molar-refractivity contribution in [3.05, 3.63) is 64.7 Å². The Kier molecular flexibility index (Phi) is 8.41. The van der Waals surface area contributed by atoms with Crippen molar-refractivity contribution in [2.75, 3.05) is 0 Å². The molecule has 0 amide bonds. The molecule has 0 saturated carbocycles. The van der Waals surface area contributed by atoms with Crippen molar-refractivity contribution in [3.8, 4) is 11.1 Å². The van der Waals surface area contributed by atoms with Crippen LogP contribution >= 0.6 is 0 Å². The minimum absolute atomic E-state index is 0. The summed E-state index contributed by atoms with van der Waals surface area (Å²) in [7, 11) is 0. The van der Waals surface area contributed by atoms with Crippen molar-refractivity contribution in [2.24, 2.45) is 0 Å². The number of hydrogen-bond acceptors (Lipinski definition) is 0. The quantitative estimate of drug-likeness (QED) is 0.535. The van der Waals surface area contributed by atoms with Crippen LogP contribution in [0.25, 0.3) is 17.2 Å². The summed E-state index contributed by atoms with van der Waals surface area (Å²) in [5, 5.41) is 0. The minimum Gasteiger partial charge on any atom is -1.00 e. The third-order valence-electron chi connectivity index (χ3n) is 4.23. The predicted molar refractivity (Wildman–Crippen MR) is 90.8 cm³/mol. The van der Waals surface area contributed by atoms with Crippen molar-refractivity contribution in [1.82, 2.24) is 0 Å². The van der Waals surface area contributed by atoms with Crippen molar-refractivity contribution in [2.45, 2.75) is 29.8 Å². The summed E-state index contributed by atoms with van der Waals surface area (Å²) in [6.07, 6.45) is -2.04. The molecule has 1 aliphatic rings. The van der Waals surface area contributed by atoms with Crippen LogP contribution < -0.4 is 24.8 Å². The van der Waals surface area contributed by atoms with Crippen LogP contribution in [-0.2, 0) is 28.6 Å². The molecular formula is C19H18Cl2F3SiZr. The average Bonchev–Trinajstić information content (AvgIpc) is 2.82. The Morgan fingerprint density at radius 3 is 2.12 bits per heavy atom. The second-order valence-electron chi connectivity index (χ2n) is 6.35. The minimum atomic E-state index is -4.29. The molecule has 26 heavy (non-hydrogen) atoms. The van der Waals surface area contributed by atoms with Crippen LogP contribution in [0.15, 0.2) is 48.0 Å². The van der Waals surface area contributed by atoms with Crippen LogP contribution in [0, 0.1) is 0 Å². The summed E-state index contributed by atoms with van der Waals surface area (Å²) in [5.74, 6) is -0.186. The first-order chi connectivity index (χ1) is 11.3. The summed E-state index contributed by atoms with van der Waals surface area (Å²) >= 11 is -0.475. The molecule has 1 atom stereocenters. The maximum atomic E-state index is 12.8. The van der Waals surface area contributed by atoms with E-state index in [2.05, 4.69) is 32.2 Å². The SMILES string of the molecule is CC1=Cc2c(-c3ccc(C(F)(F)F)cc3)cccc2[CH]1[Zr+2][Si](C)C.[Cl-].[Cl-]. The molecule has 1 unspecified atom stereocenters. The Bertz CT molecular complexity index is 786. The van der Waals surface area contributed by atoms with Gasteiger partial charge in [-0.1, -0.05) is 0 Å². The molecular weight excluding hydrogens is 475 g/mol. The van der Waals surface area contributed by atoms with Crippen molar-refractivity contribution >= 4 is 12.0 Å². The summed E-state index contributed by atoms with van der Waals surface area (Å²) in [6.45, 7) is 6.98. The number of fused-ring (bicyclic) bond motifs is 1. The van der Waals surface area contributed by atoms with Gasteiger partial charge in [-0.15, -0.1) is 0 Å². The van der Waals surface area contributed by atoms with E-state index >= 15 is 0 Å². The van der Waals surface area contributed by atoms with Gasteiger partial charge in [-0.3, -0.25) is 0 Å². The van der Waals surface area contributed by atoms with Crippen LogP contribution in [0.1, 0.15) is 27.2 Å². The zero-order chi connectivity index (χ0) is 17.5. The van der Waals surface area contributed by atoms with Crippen molar-refractivity contribution in [1.29, 1.82) is 0 Å².